The number of benzene rings is 1. The lowest BCUT2D eigenvalue weighted by Gasteiger charge is -2.32. The van der Waals surface area contributed by atoms with Crippen LogP contribution in [-0.2, 0) is 14.8 Å². The van der Waals surface area contributed by atoms with E-state index >= 15 is 0 Å². The molecule has 0 aliphatic carbocycles. The van der Waals surface area contributed by atoms with Gasteiger partial charge in [-0.2, -0.15) is 4.31 Å². The number of nitrogens with zero attached hydrogens (tertiary/aromatic N) is 1. The van der Waals surface area contributed by atoms with E-state index in [0.717, 1.165) is 12.8 Å². The number of halogens is 1. The molecular formula is C15H21ClN2O4S. The number of rotatable bonds is 6. The Morgan fingerprint density at radius 2 is 2.22 bits per heavy atom. The van der Waals surface area contributed by atoms with Gasteiger partial charge in [0.1, 0.15) is 0 Å². The molecule has 2 rings (SSSR count). The van der Waals surface area contributed by atoms with Gasteiger partial charge in [0.05, 0.1) is 11.4 Å². The van der Waals surface area contributed by atoms with Gasteiger partial charge in [0.2, 0.25) is 10.0 Å². The molecule has 128 valence electrons. The second-order valence-electron chi connectivity index (χ2n) is 5.81. The van der Waals surface area contributed by atoms with E-state index in [-0.39, 0.29) is 17.4 Å². The first kappa shape index (κ1) is 18.2. The van der Waals surface area contributed by atoms with Crippen LogP contribution in [0.1, 0.15) is 18.4 Å². The number of sulfonamides is 1. The molecular weight excluding hydrogens is 340 g/mol. The molecule has 1 aromatic rings. The Bertz CT molecular complexity index is 678. The number of carboxylic acids is 1. The minimum absolute atomic E-state index is 0.112. The molecule has 2 N–H and O–H groups in total. The van der Waals surface area contributed by atoms with Gasteiger partial charge in [-0.15, -0.1) is 0 Å². The maximum atomic E-state index is 12.8. The summed E-state index contributed by atoms with van der Waals surface area (Å²) in [5.41, 5.74) is 0.628. The predicted molar refractivity (Wildman–Crippen MR) is 88.2 cm³/mol. The number of aliphatic carboxylic acids is 1. The lowest BCUT2D eigenvalue weighted by molar-refractivity contribution is -0.136. The molecule has 1 aliphatic heterocycles. The Morgan fingerprint density at radius 1 is 1.48 bits per heavy atom. The van der Waals surface area contributed by atoms with Gasteiger partial charge in [-0.25, -0.2) is 8.42 Å². The van der Waals surface area contributed by atoms with Crippen molar-refractivity contribution in [2.45, 2.75) is 24.7 Å². The molecule has 0 bridgehead atoms. The van der Waals surface area contributed by atoms with E-state index in [1.165, 1.54) is 4.31 Å². The summed E-state index contributed by atoms with van der Waals surface area (Å²) in [6, 6.07) is 4.76. The van der Waals surface area contributed by atoms with Gasteiger partial charge in [-0.1, -0.05) is 11.6 Å². The molecule has 23 heavy (non-hydrogen) atoms. The highest BCUT2D eigenvalue weighted by Crippen LogP contribution is 2.26. The molecule has 1 heterocycles. The average Bonchev–Trinajstić information content (AvgIpc) is 2.46. The Kier molecular flexibility index (Phi) is 6.02. The molecule has 8 heteroatoms. The van der Waals surface area contributed by atoms with E-state index in [2.05, 4.69) is 5.32 Å². The molecule has 1 aromatic carbocycles. The summed E-state index contributed by atoms with van der Waals surface area (Å²) in [4.78, 5) is 10.8. The average molecular weight is 361 g/mol. The van der Waals surface area contributed by atoms with Crippen LogP contribution in [0.25, 0.3) is 0 Å². The first-order valence-electron chi connectivity index (χ1n) is 7.49. The van der Waals surface area contributed by atoms with Crippen molar-refractivity contribution in [2.24, 2.45) is 5.92 Å². The number of carboxylic acid groups (broad SMARTS) is 1. The van der Waals surface area contributed by atoms with Crippen LogP contribution in [0.15, 0.2) is 23.1 Å². The minimum Gasteiger partial charge on any atom is -0.480 e. The number of carbonyl (C=O) groups is 1. The Balaban J connectivity index is 2.08. The fourth-order valence-electron chi connectivity index (χ4n) is 2.84. The molecule has 1 aliphatic rings. The summed E-state index contributed by atoms with van der Waals surface area (Å²) in [6.07, 6.45) is 1.66. The van der Waals surface area contributed by atoms with Crippen molar-refractivity contribution in [1.29, 1.82) is 0 Å². The third kappa shape index (κ3) is 4.67. The maximum absolute atomic E-state index is 12.8. The van der Waals surface area contributed by atoms with Crippen molar-refractivity contribution < 1.29 is 18.3 Å². The molecule has 1 fully saturated rings. The van der Waals surface area contributed by atoms with Crippen molar-refractivity contribution in [1.82, 2.24) is 9.62 Å². The van der Waals surface area contributed by atoms with E-state index in [9.17, 15) is 13.2 Å². The van der Waals surface area contributed by atoms with Crippen LogP contribution < -0.4 is 5.32 Å². The van der Waals surface area contributed by atoms with Crippen molar-refractivity contribution in [3.8, 4) is 0 Å². The third-order valence-corrected chi connectivity index (χ3v) is 6.21. The van der Waals surface area contributed by atoms with Crippen molar-refractivity contribution >= 4 is 27.6 Å². The van der Waals surface area contributed by atoms with Crippen molar-refractivity contribution in [2.75, 3.05) is 26.2 Å². The number of piperidine rings is 1. The van der Waals surface area contributed by atoms with Crippen LogP contribution in [0.4, 0.5) is 0 Å². The normalized spacial score (nSPS) is 19.7. The van der Waals surface area contributed by atoms with E-state index in [1.54, 1.807) is 25.1 Å². The van der Waals surface area contributed by atoms with Crippen LogP contribution in [0.2, 0.25) is 5.02 Å². The first-order valence-corrected chi connectivity index (χ1v) is 9.31. The second-order valence-corrected chi connectivity index (χ2v) is 8.15. The topological polar surface area (TPSA) is 86.7 Å². The summed E-state index contributed by atoms with van der Waals surface area (Å²) in [5, 5.41) is 12.0. The zero-order chi connectivity index (χ0) is 17.0. The van der Waals surface area contributed by atoms with E-state index in [0.29, 0.717) is 30.2 Å². The van der Waals surface area contributed by atoms with Crippen LogP contribution >= 0.6 is 11.6 Å². The van der Waals surface area contributed by atoms with Gasteiger partial charge in [-0.3, -0.25) is 4.79 Å². The quantitative estimate of drug-likeness (QED) is 0.806. The lowest BCUT2D eigenvalue weighted by Crippen LogP contribution is -2.43. The van der Waals surface area contributed by atoms with Crippen molar-refractivity contribution in [3.63, 3.8) is 0 Å². The second kappa shape index (κ2) is 7.61. The number of nitrogens with one attached hydrogen (secondary N) is 1. The SMILES string of the molecule is Cc1cc(Cl)ccc1S(=O)(=O)N1CCCC(CNCC(=O)O)C1. The highest BCUT2D eigenvalue weighted by atomic mass is 35.5. The molecule has 0 aromatic heterocycles. The zero-order valence-corrected chi connectivity index (χ0v) is 14.5. The molecule has 0 radical (unpaired) electrons. The number of aryl methyl sites for hydroxylation is 1. The summed E-state index contributed by atoms with van der Waals surface area (Å²) < 4.78 is 27.1. The smallest absolute Gasteiger partial charge is 0.317 e. The predicted octanol–water partition coefficient (Wildman–Crippen LogP) is 1.72. The summed E-state index contributed by atoms with van der Waals surface area (Å²) in [5.74, 6) is -0.799. The standard InChI is InChI=1S/C15H21ClN2O4S/c1-11-7-13(16)4-5-14(11)23(21,22)18-6-2-3-12(10-18)8-17-9-15(19)20/h4-5,7,12,17H,2-3,6,8-10H2,1H3,(H,19,20). The van der Waals surface area contributed by atoms with E-state index < -0.39 is 16.0 Å². The van der Waals surface area contributed by atoms with Crippen LogP contribution in [0.5, 0.6) is 0 Å². The minimum atomic E-state index is -3.55. The van der Waals surface area contributed by atoms with Gasteiger partial charge in [-0.05, 0) is 56.0 Å². The van der Waals surface area contributed by atoms with Gasteiger partial charge >= 0.3 is 5.97 Å². The lowest BCUT2D eigenvalue weighted by atomic mass is 10.00. The number of hydrogen-bond donors (Lipinski definition) is 2. The van der Waals surface area contributed by atoms with Gasteiger partial charge in [0.15, 0.2) is 0 Å². The summed E-state index contributed by atoms with van der Waals surface area (Å²) >= 11 is 5.89. The largest absolute Gasteiger partial charge is 0.480 e. The van der Waals surface area contributed by atoms with Crippen LogP contribution in [-0.4, -0.2) is 50.0 Å². The Morgan fingerprint density at radius 3 is 2.87 bits per heavy atom. The molecule has 1 unspecified atom stereocenters. The van der Waals surface area contributed by atoms with E-state index in [4.69, 9.17) is 16.7 Å². The Labute approximate surface area is 141 Å². The van der Waals surface area contributed by atoms with E-state index in [1.807, 2.05) is 0 Å². The molecule has 1 saturated heterocycles. The Hall–Kier alpha value is -1.15. The van der Waals surface area contributed by atoms with Crippen molar-refractivity contribution in [3.05, 3.63) is 28.8 Å². The number of hydrogen-bond acceptors (Lipinski definition) is 4. The first-order chi connectivity index (χ1) is 10.8. The van der Waals surface area contributed by atoms with Gasteiger partial charge in [0, 0.05) is 18.1 Å². The fraction of sp³-hybridized carbons (Fsp3) is 0.533. The molecule has 0 amide bonds. The molecule has 6 nitrogen and oxygen atoms in total. The van der Waals surface area contributed by atoms with Gasteiger partial charge in [0.25, 0.3) is 0 Å². The van der Waals surface area contributed by atoms with Crippen LogP contribution in [0.3, 0.4) is 0 Å². The zero-order valence-electron chi connectivity index (χ0n) is 13.0. The maximum Gasteiger partial charge on any atom is 0.317 e. The monoisotopic (exact) mass is 360 g/mol. The molecule has 0 spiro atoms. The van der Waals surface area contributed by atoms with Gasteiger partial charge < -0.3 is 10.4 Å². The summed E-state index contributed by atoms with van der Waals surface area (Å²) in [7, 11) is -3.55. The molecule has 1 atom stereocenters. The summed E-state index contributed by atoms with van der Waals surface area (Å²) in [6.45, 7) is 3.00. The van der Waals surface area contributed by atoms with Crippen LogP contribution in [0, 0.1) is 12.8 Å². The highest BCUT2D eigenvalue weighted by molar-refractivity contribution is 7.89. The molecule has 0 saturated carbocycles. The fourth-order valence-corrected chi connectivity index (χ4v) is 4.82. The highest BCUT2D eigenvalue weighted by Gasteiger charge is 2.31. The third-order valence-electron chi connectivity index (χ3n) is 3.95.